The highest BCUT2D eigenvalue weighted by atomic mass is 16.5. The lowest BCUT2D eigenvalue weighted by Gasteiger charge is -2.12. The third kappa shape index (κ3) is 8.42. The molecule has 0 aliphatic rings. The number of ketones is 1. The van der Waals surface area contributed by atoms with Crippen LogP contribution in [-0.4, -0.2) is 30.8 Å². The second-order valence-electron chi connectivity index (χ2n) is 4.01. The van der Waals surface area contributed by atoms with Gasteiger partial charge in [-0.15, -0.1) is 0 Å². The Hall–Kier alpha value is -1.39. The molecule has 1 amide bonds. The standard InChI is InChI=1S/C12H21NO4/c1-4-10(14)8-11(15)13-9(2)6-5-7-12(16)17-3/h9H,4-8H2,1-3H3,(H,13,15). The van der Waals surface area contributed by atoms with Crippen LogP contribution < -0.4 is 5.32 Å². The summed E-state index contributed by atoms with van der Waals surface area (Å²) in [5.74, 6) is -0.559. The van der Waals surface area contributed by atoms with Crippen molar-refractivity contribution in [2.45, 2.75) is 52.0 Å². The Morgan fingerprint density at radius 2 is 1.94 bits per heavy atom. The largest absolute Gasteiger partial charge is 0.469 e. The maximum atomic E-state index is 11.4. The molecule has 0 aromatic carbocycles. The Kier molecular flexibility index (Phi) is 8.01. The van der Waals surface area contributed by atoms with Gasteiger partial charge in [0.1, 0.15) is 5.78 Å². The fraction of sp³-hybridized carbons (Fsp3) is 0.750. The molecule has 0 spiro atoms. The van der Waals surface area contributed by atoms with Gasteiger partial charge < -0.3 is 10.1 Å². The summed E-state index contributed by atoms with van der Waals surface area (Å²) in [6.07, 6.45) is 2.03. The molecule has 1 unspecified atom stereocenters. The molecule has 0 bridgehead atoms. The van der Waals surface area contributed by atoms with Crippen molar-refractivity contribution in [1.82, 2.24) is 5.32 Å². The molecule has 0 aromatic rings. The highest BCUT2D eigenvalue weighted by Gasteiger charge is 2.11. The number of hydrogen-bond acceptors (Lipinski definition) is 4. The zero-order valence-electron chi connectivity index (χ0n) is 10.7. The molecular formula is C12H21NO4. The van der Waals surface area contributed by atoms with Gasteiger partial charge >= 0.3 is 5.97 Å². The van der Waals surface area contributed by atoms with E-state index in [9.17, 15) is 14.4 Å². The molecule has 98 valence electrons. The number of methoxy groups -OCH3 is 1. The zero-order chi connectivity index (χ0) is 13.3. The summed E-state index contributed by atoms with van der Waals surface area (Å²) in [6.45, 7) is 3.58. The van der Waals surface area contributed by atoms with Crippen LogP contribution in [0.1, 0.15) is 46.0 Å². The second kappa shape index (κ2) is 8.73. The van der Waals surface area contributed by atoms with Crippen LogP contribution in [0.25, 0.3) is 0 Å². The van der Waals surface area contributed by atoms with Gasteiger partial charge in [0, 0.05) is 18.9 Å². The first kappa shape index (κ1) is 15.6. The number of carbonyl (C=O) groups excluding carboxylic acids is 3. The summed E-state index contributed by atoms with van der Waals surface area (Å²) < 4.78 is 4.51. The van der Waals surface area contributed by atoms with Crippen molar-refractivity contribution in [3.8, 4) is 0 Å². The van der Waals surface area contributed by atoms with Gasteiger partial charge in [0.15, 0.2) is 0 Å². The molecule has 0 saturated carbocycles. The number of carbonyl (C=O) groups is 3. The minimum Gasteiger partial charge on any atom is -0.469 e. The van der Waals surface area contributed by atoms with E-state index in [-0.39, 0.29) is 30.1 Å². The average Bonchev–Trinajstić information content (AvgIpc) is 2.28. The Morgan fingerprint density at radius 3 is 2.47 bits per heavy atom. The van der Waals surface area contributed by atoms with Crippen LogP contribution in [0.2, 0.25) is 0 Å². The van der Waals surface area contributed by atoms with E-state index >= 15 is 0 Å². The van der Waals surface area contributed by atoms with Gasteiger partial charge in [-0.25, -0.2) is 0 Å². The third-order valence-corrected chi connectivity index (χ3v) is 2.41. The van der Waals surface area contributed by atoms with E-state index in [0.717, 1.165) is 0 Å². The Bertz CT molecular complexity index is 276. The van der Waals surface area contributed by atoms with E-state index in [1.54, 1.807) is 6.92 Å². The number of hydrogen-bond donors (Lipinski definition) is 1. The number of Topliss-reactive ketones (excluding diaryl/α,β-unsaturated/α-hetero) is 1. The molecule has 0 rings (SSSR count). The molecule has 0 radical (unpaired) electrons. The summed E-state index contributed by atoms with van der Waals surface area (Å²) >= 11 is 0. The first-order chi connectivity index (χ1) is 7.99. The van der Waals surface area contributed by atoms with E-state index < -0.39 is 0 Å². The van der Waals surface area contributed by atoms with E-state index in [4.69, 9.17) is 0 Å². The van der Waals surface area contributed by atoms with Crippen LogP contribution in [0, 0.1) is 0 Å². The van der Waals surface area contributed by atoms with Gasteiger partial charge in [0.2, 0.25) is 5.91 Å². The van der Waals surface area contributed by atoms with Crippen LogP contribution in [0.15, 0.2) is 0 Å². The Balaban J connectivity index is 3.71. The molecule has 1 atom stereocenters. The third-order valence-electron chi connectivity index (χ3n) is 2.41. The van der Waals surface area contributed by atoms with E-state index in [0.29, 0.717) is 25.7 Å². The zero-order valence-corrected chi connectivity index (χ0v) is 10.7. The molecule has 17 heavy (non-hydrogen) atoms. The minimum absolute atomic E-state index is 0.0307. The molecule has 0 heterocycles. The molecule has 0 fully saturated rings. The van der Waals surface area contributed by atoms with Crippen LogP contribution in [-0.2, 0) is 19.1 Å². The average molecular weight is 243 g/mol. The predicted molar refractivity (Wildman–Crippen MR) is 63.4 cm³/mol. The number of rotatable bonds is 8. The highest BCUT2D eigenvalue weighted by molar-refractivity contribution is 5.97. The highest BCUT2D eigenvalue weighted by Crippen LogP contribution is 2.02. The molecule has 0 aliphatic heterocycles. The summed E-state index contributed by atoms with van der Waals surface area (Å²) in [7, 11) is 1.35. The van der Waals surface area contributed by atoms with Crippen molar-refractivity contribution in [1.29, 1.82) is 0 Å². The lowest BCUT2D eigenvalue weighted by molar-refractivity contribution is -0.140. The van der Waals surface area contributed by atoms with Crippen LogP contribution in [0.3, 0.4) is 0 Å². The van der Waals surface area contributed by atoms with Gasteiger partial charge in [-0.2, -0.15) is 0 Å². The quantitative estimate of drug-likeness (QED) is 0.513. The maximum Gasteiger partial charge on any atom is 0.305 e. The number of amides is 1. The van der Waals surface area contributed by atoms with E-state index in [1.165, 1.54) is 7.11 Å². The first-order valence-corrected chi connectivity index (χ1v) is 5.87. The van der Waals surface area contributed by atoms with Gasteiger partial charge in [-0.3, -0.25) is 14.4 Å². The number of nitrogens with one attached hydrogen (secondary N) is 1. The Labute approximate surface area is 102 Å². The van der Waals surface area contributed by atoms with Crippen molar-refractivity contribution in [3.63, 3.8) is 0 Å². The van der Waals surface area contributed by atoms with Crippen molar-refractivity contribution in [2.24, 2.45) is 0 Å². The number of ether oxygens (including phenoxy) is 1. The van der Waals surface area contributed by atoms with Gasteiger partial charge in [-0.1, -0.05) is 6.92 Å². The smallest absolute Gasteiger partial charge is 0.305 e. The lowest BCUT2D eigenvalue weighted by atomic mass is 10.1. The van der Waals surface area contributed by atoms with Crippen molar-refractivity contribution >= 4 is 17.7 Å². The van der Waals surface area contributed by atoms with Crippen molar-refractivity contribution < 1.29 is 19.1 Å². The number of esters is 1. The SMILES string of the molecule is CCC(=O)CC(=O)NC(C)CCCC(=O)OC. The minimum atomic E-state index is -0.248. The van der Waals surface area contributed by atoms with E-state index in [2.05, 4.69) is 10.1 Å². The summed E-state index contributed by atoms with van der Waals surface area (Å²) in [4.78, 5) is 33.2. The van der Waals surface area contributed by atoms with E-state index in [1.807, 2.05) is 6.92 Å². The van der Waals surface area contributed by atoms with Crippen LogP contribution >= 0.6 is 0 Å². The maximum absolute atomic E-state index is 11.4. The monoisotopic (exact) mass is 243 g/mol. The molecule has 5 nitrogen and oxygen atoms in total. The molecule has 5 heteroatoms. The Morgan fingerprint density at radius 1 is 1.29 bits per heavy atom. The van der Waals surface area contributed by atoms with Crippen LogP contribution in [0.4, 0.5) is 0 Å². The fourth-order valence-electron chi connectivity index (χ4n) is 1.36. The predicted octanol–water partition coefficient (Wildman–Crippen LogP) is 1.20. The molecule has 0 aromatic heterocycles. The van der Waals surface area contributed by atoms with Crippen molar-refractivity contribution in [3.05, 3.63) is 0 Å². The second-order valence-corrected chi connectivity index (χ2v) is 4.01. The molecule has 1 N–H and O–H groups in total. The first-order valence-electron chi connectivity index (χ1n) is 5.87. The molecule has 0 aliphatic carbocycles. The summed E-state index contributed by atoms with van der Waals surface area (Å²) in [5.41, 5.74) is 0. The van der Waals surface area contributed by atoms with Gasteiger partial charge in [0.05, 0.1) is 13.5 Å². The van der Waals surface area contributed by atoms with Gasteiger partial charge in [-0.05, 0) is 19.8 Å². The van der Waals surface area contributed by atoms with Gasteiger partial charge in [0.25, 0.3) is 0 Å². The normalized spacial score (nSPS) is 11.7. The summed E-state index contributed by atoms with van der Waals surface area (Å²) in [5, 5.41) is 2.72. The molecular weight excluding hydrogens is 222 g/mol. The fourth-order valence-corrected chi connectivity index (χ4v) is 1.36. The molecule has 0 saturated heterocycles. The lowest BCUT2D eigenvalue weighted by Crippen LogP contribution is -2.33. The topological polar surface area (TPSA) is 72.5 Å². The van der Waals surface area contributed by atoms with Crippen LogP contribution in [0.5, 0.6) is 0 Å². The summed E-state index contributed by atoms with van der Waals surface area (Å²) in [6, 6.07) is -0.0307. The van der Waals surface area contributed by atoms with Crippen molar-refractivity contribution in [2.75, 3.05) is 7.11 Å².